The summed E-state index contributed by atoms with van der Waals surface area (Å²) in [5.41, 5.74) is 1.07. The Morgan fingerprint density at radius 1 is 0.824 bits per heavy atom. The Balaban J connectivity index is 1.30. The van der Waals surface area contributed by atoms with Crippen LogP contribution >= 0.6 is 0 Å². The zero-order chi connectivity index (χ0) is 24.3. The van der Waals surface area contributed by atoms with Crippen molar-refractivity contribution >= 4 is 0 Å². The van der Waals surface area contributed by atoms with Gasteiger partial charge in [-0.05, 0) is 94.5 Å². The normalized spacial score (nSPS) is 40.5. The van der Waals surface area contributed by atoms with E-state index >= 15 is 0 Å². The summed E-state index contributed by atoms with van der Waals surface area (Å²) >= 11 is 0. The summed E-state index contributed by atoms with van der Waals surface area (Å²) in [6.45, 7) is 13.1. The largest absolute Gasteiger partial charge is 0.302 e. The van der Waals surface area contributed by atoms with Crippen molar-refractivity contribution in [3.8, 4) is 0 Å². The molecule has 1 saturated carbocycles. The van der Waals surface area contributed by atoms with Crippen molar-refractivity contribution in [2.75, 3.05) is 27.2 Å². The highest BCUT2D eigenvalue weighted by Crippen LogP contribution is 2.52. The van der Waals surface area contributed by atoms with E-state index in [1.54, 1.807) is 0 Å². The van der Waals surface area contributed by atoms with E-state index in [0.29, 0.717) is 10.8 Å². The molecule has 0 spiro atoms. The zero-order valence-electron chi connectivity index (χ0n) is 23.8. The topological polar surface area (TPSA) is 6.48 Å². The standard InChI is InChI=1S/C32H58N2/c1-25(20-21-29-31(3,23-33(29)5)27-16-14-10-11-15-17-27)22-26(2)30-32(4,24-34(30)6)28-18-12-8-7-9-13-19-28/h14,16,25-30H,7-13,15,17-24H2,1-6H3. The molecule has 0 bridgehead atoms. The fourth-order valence-corrected chi connectivity index (χ4v) is 9.61. The van der Waals surface area contributed by atoms with Crippen molar-refractivity contribution in [2.24, 2.45) is 34.5 Å². The van der Waals surface area contributed by atoms with Gasteiger partial charge in [0.15, 0.2) is 0 Å². The maximum atomic E-state index is 2.71. The average molecular weight is 471 g/mol. The second-order valence-corrected chi connectivity index (χ2v) is 14.1. The minimum absolute atomic E-state index is 0.506. The first-order valence-electron chi connectivity index (χ1n) is 15.3. The Labute approximate surface area is 213 Å². The Bertz CT molecular complexity index is 664. The van der Waals surface area contributed by atoms with Crippen LogP contribution < -0.4 is 0 Å². The molecule has 0 aromatic rings. The van der Waals surface area contributed by atoms with Crippen LogP contribution in [0.15, 0.2) is 12.2 Å². The Morgan fingerprint density at radius 3 is 2.15 bits per heavy atom. The molecule has 4 rings (SSSR count). The lowest BCUT2D eigenvalue weighted by Gasteiger charge is -2.61. The third-order valence-electron chi connectivity index (χ3n) is 11.3. The third kappa shape index (κ3) is 5.49. The lowest BCUT2D eigenvalue weighted by molar-refractivity contribution is -0.119. The summed E-state index contributed by atoms with van der Waals surface area (Å²) in [5.74, 6) is 3.43. The van der Waals surface area contributed by atoms with Gasteiger partial charge < -0.3 is 9.80 Å². The zero-order valence-corrected chi connectivity index (χ0v) is 23.8. The molecule has 3 fully saturated rings. The molecule has 0 amide bonds. The summed E-state index contributed by atoms with van der Waals surface area (Å²) in [6, 6.07) is 1.58. The number of allylic oxidation sites excluding steroid dienone is 2. The van der Waals surface area contributed by atoms with E-state index < -0.39 is 0 Å². The average Bonchev–Trinajstić information content (AvgIpc) is 3.02. The molecule has 2 aliphatic carbocycles. The van der Waals surface area contributed by atoms with Crippen molar-refractivity contribution < 1.29 is 0 Å². The summed E-state index contributed by atoms with van der Waals surface area (Å²) in [4.78, 5) is 5.38. The van der Waals surface area contributed by atoms with E-state index in [-0.39, 0.29) is 0 Å². The summed E-state index contributed by atoms with van der Waals surface area (Å²) in [5, 5.41) is 0. The van der Waals surface area contributed by atoms with E-state index in [2.05, 4.69) is 63.7 Å². The van der Waals surface area contributed by atoms with Crippen molar-refractivity contribution in [2.45, 2.75) is 130 Å². The molecule has 0 aromatic heterocycles. The van der Waals surface area contributed by atoms with E-state index in [1.807, 2.05) is 0 Å². The molecule has 7 atom stereocenters. The third-order valence-corrected chi connectivity index (χ3v) is 11.3. The smallest absolute Gasteiger partial charge is 0.0187 e. The fourth-order valence-electron chi connectivity index (χ4n) is 9.61. The molecule has 4 aliphatic rings. The maximum Gasteiger partial charge on any atom is 0.0187 e. The van der Waals surface area contributed by atoms with Gasteiger partial charge in [-0.15, -0.1) is 0 Å². The van der Waals surface area contributed by atoms with Crippen LogP contribution in [0.2, 0.25) is 0 Å². The van der Waals surface area contributed by atoms with Crippen molar-refractivity contribution in [3.63, 3.8) is 0 Å². The molecule has 2 nitrogen and oxygen atoms in total. The molecule has 0 aromatic carbocycles. The highest BCUT2D eigenvalue weighted by atomic mass is 15.2. The number of rotatable bonds is 8. The number of nitrogens with zero attached hydrogens (tertiary/aromatic N) is 2. The minimum atomic E-state index is 0.506. The van der Waals surface area contributed by atoms with Crippen LogP contribution in [0.5, 0.6) is 0 Å². The van der Waals surface area contributed by atoms with Gasteiger partial charge in [0.25, 0.3) is 0 Å². The summed E-state index contributed by atoms with van der Waals surface area (Å²) in [6.07, 6.45) is 25.2. The van der Waals surface area contributed by atoms with Gasteiger partial charge in [0.2, 0.25) is 0 Å². The van der Waals surface area contributed by atoms with Gasteiger partial charge in [0.1, 0.15) is 0 Å². The summed E-state index contributed by atoms with van der Waals surface area (Å²) in [7, 11) is 4.79. The van der Waals surface area contributed by atoms with Crippen molar-refractivity contribution in [1.82, 2.24) is 9.80 Å². The SMILES string of the molecule is CC(CCC1N(C)CC1(C)C1C=CCCCC1)CC(C)C1N(C)CC1(C)C1CCCCCCC1. The molecule has 34 heavy (non-hydrogen) atoms. The first-order chi connectivity index (χ1) is 16.3. The fraction of sp³-hybridized carbons (Fsp3) is 0.938. The molecule has 7 unspecified atom stereocenters. The van der Waals surface area contributed by atoms with E-state index in [9.17, 15) is 0 Å². The highest BCUT2D eigenvalue weighted by Gasteiger charge is 2.53. The lowest BCUT2D eigenvalue weighted by Crippen LogP contribution is -2.67. The molecule has 0 radical (unpaired) electrons. The van der Waals surface area contributed by atoms with E-state index in [1.165, 1.54) is 103 Å². The predicted octanol–water partition coefficient (Wildman–Crippen LogP) is 8.18. The first-order valence-corrected chi connectivity index (χ1v) is 15.3. The molecular weight excluding hydrogens is 412 g/mol. The minimum Gasteiger partial charge on any atom is -0.302 e. The van der Waals surface area contributed by atoms with Crippen LogP contribution in [0, 0.1) is 34.5 Å². The van der Waals surface area contributed by atoms with Crippen LogP contribution in [-0.2, 0) is 0 Å². The first kappa shape index (κ1) is 26.7. The van der Waals surface area contributed by atoms with Crippen LogP contribution in [0.4, 0.5) is 0 Å². The van der Waals surface area contributed by atoms with Gasteiger partial charge in [-0.2, -0.15) is 0 Å². The summed E-state index contributed by atoms with van der Waals surface area (Å²) < 4.78 is 0. The van der Waals surface area contributed by atoms with Gasteiger partial charge >= 0.3 is 0 Å². The van der Waals surface area contributed by atoms with Crippen LogP contribution in [0.25, 0.3) is 0 Å². The van der Waals surface area contributed by atoms with Crippen LogP contribution in [-0.4, -0.2) is 49.1 Å². The quantitative estimate of drug-likeness (QED) is 0.330. The Hall–Kier alpha value is -0.340. The van der Waals surface area contributed by atoms with E-state index in [0.717, 1.165) is 35.8 Å². The highest BCUT2D eigenvalue weighted by molar-refractivity contribution is 5.10. The second-order valence-electron chi connectivity index (χ2n) is 14.1. The molecule has 2 aliphatic heterocycles. The second kappa shape index (κ2) is 11.4. The molecule has 2 heteroatoms. The monoisotopic (exact) mass is 470 g/mol. The van der Waals surface area contributed by atoms with Crippen molar-refractivity contribution in [3.05, 3.63) is 12.2 Å². The number of hydrogen-bond donors (Lipinski definition) is 0. The van der Waals surface area contributed by atoms with Gasteiger partial charge in [-0.25, -0.2) is 0 Å². The van der Waals surface area contributed by atoms with Crippen LogP contribution in [0.1, 0.15) is 118 Å². The van der Waals surface area contributed by atoms with Gasteiger partial charge in [0, 0.05) is 30.6 Å². The van der Waals surface area contributed by atoms with E-state index in [4.69, 9.17) is 0 Å². The Kier molecular flexibility index (Phi) is 8.93. The molecule has 196 valence electrons. The molecule has 0 N–H and O–H groups in total. The number of hydrogen-bond acceptors (Lipinski definition) is 2. The predicted molar refractivity (Wildman–Crippen MR) is 148 cm³/mol. The maximum absolute atomic E-state index is 2.71. The molecule has 2 saturated heterocycles. The van der Waals surface area contributed by atoms with Gasteiger partial charge in [0.05, 0.1) is 0 Å². The molecular formula is C32H58N2. The van der Waals surface area contributed by atoms with Crippen molar-refractivity contribution in [1.29, 1.82) is 0 Å². The molecule has 2 heterocycles. The van der Waals surface area contributed by atoms with Gasteiger partial charge in [-0.1, -0.05) is 78.4 Å². The van der Waals surface area contributed by atoms with Crippen LogP contribution in [0.3, 0.4) is 0 Å². The number of likely N-dealkylation sites (tertiary alicyclic amines) is 2. The van der Waals surface area contributed by atoms with Gasteiger partial charge in [-0.3, -0.25) is 0 Å². The lowest BCUT2D eigenvalue weighted by atomic mass is 9.58. The Morgan fingerprint density at radius 2 is 1.47 bits per heavy atom.